The van der Waals surface area contributed by atoms with Crippen molar-refractivity contribution in [2.45, 2.75) is 12.8 Å². The fraction of sp³-hybridized carbons (Fsp3) is 0.364. The number of carbonyl (C=O) groups is 2. The van der Waals surface area contributed by atoms with Gasteiger partial charge in [-0.1, -0.05) is 12.1 Å². The summed E-state index contributed by atoms with van der Waals surface area (Å²) in [7, 11) is 1.56. The van der Waals surface area contributed by atoms with Crippen molar-refractivity contribution in [2.75, 3.05) is 33.4 Å². The maximum Gasteiger partial charge on any atom is 0.260 e. The predicted octanol–water partition coefficient (Wildman–Crippen LogP) is 2.88. The molecule has 1 aliphatic rings. The second kappa shape index (κ2) is 9.91. The molecule has 1 aliphatic heterocycles. The fourth-order valence-electron chi connectivity index (χ4n) is 3.37. The zero-order valence-corrected chi connectivity index (χ0v) is 16.4. The molecule has 2 amide bonds. The van der Waals surface area contributed by atoms with Crippen LogP contribution in [0.5, 0.6) is 11.5 Å². The Balaban J connectivity index is 1.47. The summed E-state index contributed by atoms with van der Waals surface area (Å²) in [4.78, 5) is 26.5. The topological polar surface area (TPSA) is 67.9 Å². The number of likely N-dealkylation sites (tertiary alicyclic amines) is 1. The number of methoxy groups -OCH3 is 1. The molecule has 2 aromatic carbocycles. The van der Waals surface area contributed by atoms with Gasteiger partial charge in [0, 0.05) is 25.2 Å². The van der Waals surface area contributed by atoms with Gasteiger partial charge in [-0.05, 0) is 55.2 Å². The van der Waals surface area contributed by atoms with Gasteiger partial charge in [0.1, 0.15) is 5.82 Å². The molecule has 0 bridgehead atoms. The second-order valence-corrected chi connectivity index (χ2v) is 7.00. The number of nitrogens with one attached hydrogen (secondary N) is 1. The minimum absolute atomic E-state index is 0.0605. The molecule has 1 heterocycles. The zero-order valence-electron chi connectivity index (χ0n) is 16.4. The Morgan fingerprint density at radius 1 is 1.14 bits per heavy atom. The van der Waals surface area contributed by atoms with Crippen LogP contribution in [0, 0.1) is 11.7 Å². The first kappa shape index (κ1) is 20.6. The number of hydrogen-bond acceptors (Lipinski definition) is 4. The van der Waals surface area contributed by atoms with E-state index < -0.39 is 0 Å². The third kappa shape index (κ3) is 5.70. The van der Waals surface area contributed by atoms with E-state index in [1.165, 1.54) is 24.3 Å². The molecule has 0 aromatic heterocycles. The standard InChI is InChI=1S/C22H25FN2O4/c1-28-19-6-2-3-7-20(19)29-15-21(26)25-12-4-5-16(14-25)13-24-22(27)17-8-10-18(23)11-9-17/h2-3,6-11,16H,4-5,12-15H2,1H3,(H,24,27)/t16-/m1/s1. The van der Waals surface area contributed by atoms with E-state index >= 15 is 0 Å². The Hall–Kier alpha value is -3.09. The summed E-state index contributed by atoms with van der Waals surface area (Å²) >= 11 is 0. The first-order chi connectivity index (χ1) is 14.1. The summed E-state index contributed by atoms with van der Waals surface area (Å²) in [6, 6.07) is 12.6. The Morgan fingerprint density at radius 3 is 2.59 bits per heavy atom. The van der Waals surface area contributed by atoms with Crippen molar-refractivity contribution in [3.8, 4) is 11.5 Å². The van der Waals surface area contributed by atoms with E-state index in [4.69, 9.17) is 9.47 Å². The van der Waals surface area contributed by atoms with Crippen molar-refractivity contribution < 1.29 is 23.5 Å². The summed E-state index contributed by atoms with van der Waals surface area (Å²) in [6.45, 7) is 1.65. The molecular formula is C22H25FN2O4. The molecule has 6 nitrogen and oxygen atoms in total. The molecule has 0 spiro atoms. The Kier molecular flexibility index (Phi) is 7.05. The highest BCUT2D eigenvalue weighted by Gasteiger charge is 2.24. The normalized spacial score (nSPS) is 16.2. The fourth-order valence-corrected chi connectivity index (χ4v) is 3.37. The van der Waals surface area contributed by atoms with Crippen LogP contribution < -0.4 is 14.8 Å². The van der Waals surface area contributed by atoms with E-state index in [-0.39, 0.29) is 30.2 Å². The molecule has 2 aromatic rings. The van der Waals surface area contributed by atoms with Crippen molar-refractivity contribution in [3.63, 3.8) is 0 Å². The lowest BCUT2D eigenvalue weighted by Gasteiger charge is -2.32. The molecule has 1 saturated heterocycles. The number of ether oxygens (including phenoxy) is 2. The number of rotatable bonds is 7. The Labute approximate surface area is 169 Å². The first-order valence-electron chi connectivity index (χ1n) is 9.64. The van der Waals surface area contributed by atoms with Crippen LogP contribution in [0.4, 0.5) is 4.39 Å². The summed E-state index contributed by atoms with van der Waals surface area (Å²) in [5.74, 6) is 0.573. The highest BCUT2D eigenvalue weighted by Crippen LogP contribution is 2.26. The minimum atomic E-state index is -0.377. The van der Waals surface area contributed by atoms with E-state index in [0.29, 0.717) is 36.7 Å². The van der Waals surface area contributed by atoms with Gasteiger partial charge in [-0.15, -0.1) is 0 Å². The highest BCUT2D eigenvalue weighted by atomic mass is 19.1. The molecular weight excluding hydrogens is 375 g/mol. The third-order valence-corrected chi connectivity index (χ3v) is 4.95. The molecule has 0 aliphatic carbocycles. The number of piperidine rings is 1. The number of carbonyl (C=O) groups excluding carboxylic acids is 2. The summed E-state index contributed by atoms with van der Waals surface area (Å²) in [6.07, 6.45) is 1.80. The van der Waals surface area contributed by atoms with Crippen LogP contribution in [0.25, 0.3) is 0 Å². The smallest absolute Gasteiger partial charge is 0.260 e. The van der Waals surface area contributed by atoms with Crippen molar-refractivity contribution in [3.05, 3.63) is 59.9 Å². The van der Waals surface area contributed by atoms with E-state index in [1.54, 1.807) is 24.1 Å². The maximum atomic E-state index is 13.0. The summed E-state index contributed by atoms with van der Waals surface area (Å²) in [5, 5.41) is 2.87. The number of hydrogen-bond donors (Lipinski definition) is 1. The van der Waals surface area contributed by atoms with Gasteiger partial charge in [-0.25, -0.2) is 4.39 Å². The van der Waals surface area contributed by atoms with E-state index in [9.17, 15) is 14.0 Å². The van der Waals surface area contributed by atoms with Crippen LogP contribution in [0.15, 0.2) is 48.5 Å². The first-order valence-corrected chi connectivity index (χ1v) is 9.64. The summed E-state index contributed by atoms with van der Waals surface area (Å²) < 4.78 is 23.8. The van der Waals surface area contributed by atoms with Crippen molar-refractivity contribution in [2.24, 2.45) is 5.92 Å². The minimum Gasteiger partial charge on any atom is -0.493 e. The Morgan fingerprint density at radius 2 is 1.86 bits per heavy atom. The van der Waals surface area contributed by atoms with Crippen molar-refractivity contribution in [1.82, 2.24) is 10.2 Å². The number of para-hydroxylation sites is 2. The van der Waals surface area contributed by atoms with Gasteiger partial charge in [-0.2, -0.15) is 0 Å². The third-order valence-electron chi connectivity index (χ3n) is 4.95. The molecule has 0 saturated carbocycles. The molecule has 29 heavy (non-hydrogen) atoms. The van der Waals surface area contributed by atoms with Crippen LogP contribution in [-0.4, -0.2) is 50.1 Å². The van der Waals surface area contributed by atoms with Gasteiger partial charge in [0.15, 0.2) is 18.1 Å². The number of nitrogens with zero attached hydrogens (tertiary/aromatic N) is 1. The molecule has 3 rings (SSSR count). The predicted molar refractivity (Wildman–Crippen MR) is 107 cm³/mol. The number of amides is 2. The van der Waals surface area contributed by atoms with Gasteiger partial charge in [0.2, 0.25) is 0 Å². The van der Waals surface area contributed by atoms with E-state index in [2.05, 4.69) is 5.32 Å². The van der Waals surface area contributed by atoms with Crippen LogP contribution in [-0.2, 0) is 4.79 Å². The summed E-state index contributed by atoms with van der Waals surface area (Å²) in [5.41, 5.74) is 0.417. The van der Waals surface area contributed by atoms with Crippen LogP contribution in [0.2, 0.25) is 0 Å². The maximum absolute atomic E-state index is 13.0. The van der Waals surface area contributed by atoms with Gasteiger partial charge in [-0.3, -0.25) is 9.59 Å². The van der Waals surface area contributed by atoms with Gasteiger partial charge in [0.25, 0.3) is 11.8 Å². The highest BCUT2D eigenvalue weighted by molar-refractivity contribution is 5.94. The second-order valence-electron chi connectivity index (χ2n) is 7.00. The van der Waals surface area contributed by atoms with Gasteiger partial charge in [0.05, 0.1) is 7.11 Å². The largest absolute Gasteiger partial charge is 0.493 e. The zero-order chi connectivity index (χ0) is 20.6. The molecule has 7 heteroatoms. The Bertz CT molecular complexity index is 841. The lowest BCUT2D eigenvalue weighted by Crippen LogP contribution is -2.45. The average molecular weight is 400 g/mol. The number of halogens is 1. The molecule has 0 unspecified atom stereocenters. The number of benzene rings is 2. The van der Waals surface area contributed by atoms with Gasteiger partial charge < -0.3 is 19.7 Å². The SMILES string of the molecule is COc1ccccc1OCC(=O)N1CCC[C@H](CNC(=O)c2ccc(F)cc2)C1. The van der Waals surface area contributed by atoms with E-state index in [1.807, 2.05) is 12.1 Å². The van der Waals surface area contributed by atoms with Crippen molar-refractivity contribution >= 4 is 11.8 Å². The quantitative estimate of drug-likeness (QED) is 0.776. The van der Waals surface area contributed by atoms with Gasteiger partial charge >= 0.3 is 0 Å². The van der Waals surface area contributed by atoms with Crippen LogP contribution in [0.1, 0.15) is 23.2 Å². The van der Waals surface area contributed by atoms with Crippen molar-refractivity contribution in [1.29, 1.82) is 0 Å². The van der Waals surface area contributed by atoms with E-state index in [0.717, 1.165) is 12.8 Å². The lowest BCUT2D eigenvalue weighted by atomic mass is 9.98. The molecule has 1 N–H and O–H groups in total. The monoisotopic (exact) mass is 400 g/mol. The van der Waals surface area contributed by atoms with Crippen LogP contribution >= 0.6 is 0 Å². The average Bonchev–Trinajstić information content (AvgIpc) is 2.76. The molecule has 1 atom stereocenters. The molecule has 154 valence electrons. The molecule has 0 radical (unpaired) electrons. The van der Waals surface area contributed by atoms with Crippen LogP contribution in [0.3, 0.4) is 0 Å². The lowest BCUT2D eigenvalue weighted by molar-refractivity contribution is -0.135. The molecule has 1 fully saturated rings.